The van der Waals surface area contributed by atoms with Crippen molar-refractivity contribution in [2.24, 2.45) is 0 Å². The number of fused-ring (bicyclic) bond motifs is 2. The van der Waals surface area contributed by atoms with Gasteiger partial charge in [0.25, 0.3) is 0 Å². The Bertz CT molecular complexity index is 1020. The van der Waals surface area contributed by atoms with E-state index in [1.54, 1.807) is 0 Å². The van der Waals surface area contributed by atoms with Crippen molar-refractivity contribution < 1.29 is 0 Å². The molecule has 3 rings (SSSR count). The van der Waals surface area contributed by atoms with Gasteiger partial charge in [0, 0.05) is 47.3 Å². The normalized spacial score (nSPS) is 12.6. The van der Waals surface area contributed by atoms with E-state index in [-0.39, 0.29) is 0 Å². The van der Waals surface area contributed by atoms with E-state index in [9.17, 15) is 0 Å². The number of hydrogen-bond donors (Lipinski definition) is 1. The molecule has 272 valence electrons. The summed E-state index contributed by atoms with van der Waals surface area (Å²) in [6, 6.07) is 14.2. The van der Waals surface area contributed by atoms with Gasteiger partial charge in [0.2, 0.25) is 0 Å². The Kier molecular flexibility index (Phi) is 19.1. The minimum absolute atomic E-state index is 1.10. The fourth-order valence-electron chi connectivity index (χ4n) is 6.89. The lowest BCUT2D eigenvalue weighted by Crippen LogP contribution is -2.33. The van der Waals surface area contributed by atoms with Crippen LogP contribution in [0.25, 0.3) is 0 Å². The molecule has 0 saturated heterocycles. The van der Waals surface area contributed by atoms with Crippen LogP contribution >= 0.6 is 11.8 Å². The highest BCUT2D eigenvalue weighted by molar-refractivity contribution is 7.99. The van der Waals surface area contributed by atoms with Crippen LogP contribution in [0, 0.1) is 0 Å². The van der Waals surface area contributed by atoms with E-state index in [2.05, 4.69) is 127 Å². The monoisotopic (exact) mass is 682 g/mol. The van der Waals surface area contributed by atoms with E-state index in [0.717, 1.165) is 105 Å². The summed E-state index contributed by atoms with van der Waals surface area (Å²) in [4.78, 5) is 18.2. The second-order valence-electron chi connectivity index (χ2n) is 13.1. The third-order valence-electron chi connectivity index (χ3n) is 10.3. The molecule has 0 unspecified atom stereocenters. The van der Waals surface area contributed by atoms with Gasteiger partial charge in [-0.15, -0.1) is 0 Å². The summed E-state index contributed by atoms with van der Waals surface area (Å²) in [7, 11) is 0. The predicted molar refractivity (Wildman–Crippen MR) is 214 cm³/mol. The van der Waals surface area contributed by atoms with Crippen molar-refractivity contribution in [3.8, 4) is 0 Å². The molecule has 0 radical (unpaired) electrons. The van der Waals surface area contributed by atoms with Gasteiger partial charge in [-0.25, -0.2) is 0 Å². The molecule has 2 aromatic rings. The number of nitrogens with one attached hydrogen (secondary N) is 1. The summed E-state index contributed by atoms with van der Waals surface area (Å²) in [5.74, 6) is 0. The van der Waals surface area contributed by atoms with Gasteiger partial charge in [0.05, 0.1) is 11.4 Å². The van der Waals surface area contributed by atoms with Crippen LogP contribution in [-0.4, -0.2) is 124 Å². The van der Waals surface area contributed by atoms with Crippen molar-refractivity contribution in [3.63, 3.8) is 0 Å². The molecule has 0 fully saturated rings. The summed E-state index contributed by atoms with van der Waals surface area (Å²) < 4.78 is 0. The lowest BCUT2D eigenvalue weighted by molar-refractivity contribution is 0.295. The van der Waals surface area contributed by atoms with E-state index in [4.69, 9.17) is 0 Å². The SMILES string of the molecule is CCN(CC)CCCN(CCCN(CC)CC)c1ccc2c(c1)Sc1cc(N(CCCN(CC)CC)CCCN(CC)CC)ccc1N2. The lowest BCUT2D eigenvalue weighted by atomic mass is 10.2. The molecule has 0 aliphatic carbocycles. The van der Waals surface area contributed by atoms with Gasteiger partial charge in [0.1, 0.15) is 0 Å². The molecular formula is C40H71N7S. The summed E-state index contributed by atoms with van der Waals surface area (Å²) in [6.45, 7) is 36.3. The number of benzene rings is 2. The van der Waals surface area contributed by atoms with Crippen molar-refractivity contribution >= 4 is 34.5 Å². The highest BCUT2D eigenvalue weighted by atomic mass is 32.2. The summed E-state index contributed by atoms with van der Waals surface area (Å²) in [6.07, 6.45) is 4.78. The highest BCUT2D eigenvalue weighted by Crippen LogP contribution is 2.46. The topological polar surface area (TPSA) is 31.5 Å². The Morgan fingerprint density at radius 3 is 0.979 bits per heavy atom. The molecule has 0 spiro atoms. The third-order valence-corrected chi connectivity index (χ3v) is 11.5. The first-order valence-electron chi connectivity index (χ1n) is 19.5. The molecule has 1 aliphatic rings. The summed E-state index contributed by atoms with van der Waals surface area (Å²) in [5, 5.41) is 3.78. The van der Waals surface area contributed by atoms with Crippen molar-refractivity contribution in [2.45, 2.75) is 90.9 Å². The molecule has 1 N–H and O–H groups in total. The fourth-order valence-corrected chi connectivity index (χ4v) is 7.95. The van der Waals surface area contributed by atoms with Gasteiger partial charge in [0.15, 0.2) is 0 Å². The van der Waals surface area contributed by atoms with Gasteiger partial charge in [-0.05, 0) is 141 Å². The molecule has 2 aromatic carbocycles. The second-order valence-corrected chi connectivity index (χ2v) is 14.2. The smallest absolute Gasteiger partial charge is 0.0527 e. The maximum atomic E-state index is 3.78. The minimum Gasteiger partial charge on any atom is -0.371 e. The van der Waals surface area contributed by atoms with Crippen molar-refractivity contribution in [1.29, 1.82) is 0 Å². The van der Waals surface area contributed by atoms with Gasteiger partial charge >= 0.3 is 0 Å². The first-order valence-corrected chi connectivity index (χ1v) is 20.4. The Morgan fingerprint density at radius 2 is 0.708 bits per heavy atom. The van der Waals surface area contributed by atoms with Crippen LogP contribution < -0.4 is 15.1 Å². The van der Waals surface area contributed by atoms with Gasteiger partial charge < -0.3 is 34.7 Å². The van der Waals surface area contributed by atoms with E-state index in [0.29, 0.717) is 0 Å². The second kappa shape index (κ2) is 22.7. The van der Waals surface area contributed by atoms with E-state index < -0.39 is 0 Å². The van der Waals surface area contributed by atoms with Gasteiger partial charge in [-0.1, -0.05) is 67.2 Å². The minimum atomic E-state index is 1.10. The molecule has 1 heterocycles. The molecule has 8 heteroatoms. The Balaban J connectivity index is 1.78. The molecule has 7 nitrogen and oxygen atoms in total. The lowest BCUT2D eigenvalue weighted by Gasteiger charge is -2.31. The third kappa shape index (κ3) is 12.7. The van der Waals surface area contributed by atoms with Gasteiger partial charge in [-0.3, -0.25) is 0 Å². The Labute approximate surface area is 300 Å². The quantitative estimate of drug-likeness (QED) is 0.0904. The van der Waals surface area contributed by atoms with Gasteiger partial charge in [-0.2, -0.15) is 0 Å². The average molecular weight is 682 g/mol. The predicted octanol–water partition coefficient (Wildman–Crippen LogP) is 8.44. The molecule has 0 amide bonds. The van der Waals surface area contributed by atoms with E-state index in [1.807, 2.05) is 11.8 Å². The Hall–Kier alpha value is -1.97. The van der Waals surface area contributed by atoms with Crippen LogP contribution in [0.15, 0.2) is 46.2 Å². The Morgan fingerprint density at radius 1 is 0.417 bits per heavy atom. The molecule has 0 saturated carbocycles. The first kappa shape index (κ1) is 40.5. The highest BCUT2D eigenvalue weighted by Gasteiger charge is 2.20. The zero-order valence-electron chi connectivity index (χ0n) is 32.2. The van der Waals surface area contributed by atoms with Crippen LogP contribution in [0.3, 0.4) is 0 Å². The first-order chi connectivity index (χ1) is 23.4. The molecule has 1 aliphatic heterocycles. The van der Waals surface area contributed by atoms with E-state index in [1.165, 1.54) is 58.2 Å². The maximum Gasteiger partial charge on any atom is 0.0527 e. The molecule has 48 heavy (non-hydrogen) atoms. The van der Waals surface area contributed by atoms with Crippen LogP contribution in [0.4, 0.5) is 22.7 Å². The average Bonchev–Trinajstić information content (AvgIpc) is 3.12. The molecular weight excluding hydrogens is 611 g/mol. The van der Waals surface area contributed by atoms with Crippen LogP contribution in [-0.2, 0) is 0 Å². The number of anilines is 4. The van der Waals surface area contributed by atoms with Crippen molar-refractivity contribution in [1.82, 2.24) is 19.6 Å². The van der Waals surface area contributed by atoms with Crippen molar-refractivity contribution in [2.75, 3.05) is 120 Å². The zero-order chi connectivity index (χ0) is 34.7. The molecule has 0 aromatic heterocycles. The summed E-state index contributed by atoms with van der Waals surface area (Å²) >= 11 is 1.94. The number of hydrogen-bond acceptors (Lipinski definition) is 8. The maximum absolute atomic E-state index is 3.78. The zero-order valence-corrected chi connectivity index (χ0v) is 33.0. The van der Waals surface area contributed by atoms with E-state index >= 15 is 0 Å². The van der Waals surface area contributed by atoms with Crippen LogP contribution in [0.2, 0.25) is 0 Å². The van der Waals surface area contributed by atoms with Crippen LogP contribution in [0.5, 0.6) is 0 Å². The number of rotatable bonds is 26. The molecule has 0 bridgehead atoms. The molecule has 0 atom stereocenters. The van der Waals surface area contributed by atoms with Crippen LogP contribution in [0.1, 0.15) is 81.1 Å². The number of nitrogens with zero attached hydrogens (tertiary/aromatic N) is 6. The largest absolute Gasteiger partial charge is 0.371 e. The van der Waals surface area contributed by atoms with Crippen molar-refractivity contribution in [3.05, 3.63) is 36.4 Å². The standard InChI is InChI=1S/C40H71N7S/c1-9-42(10-2)25-17-29-46(30-18-26-43(11-3)12-4)35-21-23-37-39(33-35)48-40-34-36(22-24-38(40)41-37)47(31-19-27-44(13-5)14-6)32-20-28-45(15-7)16-8/h21-24,33-34,41H,9-20,25-32H2,1-8H3. The summed E-state index contributed by atoms with van der Waals surface area (Å²) in [5.41, 5.74) is 5.17. The fraction of sp³-hybridized carbons (Fsp3) is 0.700.